The number of nitriles is 1. The maximum atomic E-state index is 8.77. The fourth-order valence-electron chi connectivity index (χ4n) is 1.91. The Morgan fingerprint density at radius 1 is 1.00 bits per heavy atom. The van der Waals surface area contributed by atoms with Crippen molar-refractivity contribution in [2.45, 2.75) is 13.8 Å². The highest BCUT2D eigenvalue weighted by molar-refractivity contribution is 5.60. The van der Waals surface area contributed by atoms with E-state index in [9.17, 15) is 0 Å². The molecule has 96 valence electrons. The van der Waals surface area contributed by atoms with Gasteiger partial charge >= 0.3 is 0 Å². The molecule has 1 aromatic heterocycles. The highest BCUT2D eigenvalue weighted by atomic mass is 15.3. The molecule has 2 rings (SSSR count). The van der Waals surface area contributed by atoms with Crippen molar-refractivity contribution >= 4 is 5.82 Å². The molecule has 0 N–H and O–H groups in total. The van der Waals surface area contributed by atoms with E-state index in [0.717, 1.165) is 30.2 Å². The van der Waals surface area contributed by atoms with Gasteiger partial charge in [-0.05, 0) is 38.1 Å². The first-order chi connectivity index (χ1) is 9.28. The van der Waals surface area contributed by atoms with Crippen molar-refractivity contribution in [2.75, 3.05) is 18.0 Å². The van der Waals surface area contributed by atoms with Crippen LogP contribution in [-0.4, -0.2) is 23.3 Å². The molecule has 1 heterocycles. The van der Waals surface area contributed by atoms with E-state index in [1.165, 1.54) is 0 Å². The van der Waals surface area contributed by atoms with E-state index >= 15 is 0 Å². The van der Waals surface area contributed by atoms with E-state index in [1.54, 1.807) is 12.1 Å². The Morgan fingerprint density at radius 3 is 2.16 bits per heavy atom. The SMILES string of the molecule is CCN(CC)c1ccc(-c2ccc(C#N)cc2)nn1. The van der Waals surface area contributed by atoms with Gasteiger partial charge in [0.15, 0.2) is 5.82 Å². The Hall–Kier alpha value is -2.41. The topological polar surface area (TPSA) is 52.8 Å². The number of hydrogen-bond acceptors (Lipinski definition) is 4. The fourth-order valence-corrected chi connectivity index (χ4v) is 1.91. The number of hydrogen-bond donors (Lipinski definition) is 0. The van der Waals surface area contributed by atoms with Crippen molar-refractivity contribution in [3.63, 3.8) is 0 Å². The van der Waals surface area contributed by atoms with Crippen molar-refractivity contribution in [3.05, 3.63) is 42.0 Å². The molecule has 4 heteroatoms. The molecule has 0 radical (unpaired) electrons. The highest BCUT2D eigenvalue weighted by Gasteiger charge is 2.05. The van der Waals surface area contributed by atoms with Gasteiger partial charge in [0.1, 0.15) is 0 Å². The van der Waals surface area contributed by atoms with Crippen molar-refractivity contribution < 1.29 is 0 Å². The average Bonchev–Trinajstić information content (AvgIpc) is 2.49. The summed E-state index contributed by atoms with van der Waals surface area (Å²) in [6, 6.07) is 13.4. The van der Waals surface area contributed by atoms with Crippen LogP contribution in [0.5, 0.6) is 0 Å². The molecule has 19 heavy (non-hydrogen) atoms. The van der Waals surface area contributed by atoms with Crippen LogP contribution < -0.4 is 4.90 Å². The van der Waals surface area contributed by atoms with Gasteiger partial charge in [0.2, 0.25) is 0 Å². The van der Waals surface area contributed by atoms with E-state index in [2.05, 4.69) is 35.0 Å². The normalized spacial score (nSPS) is 9.95. The Kier molecular flexibility index (Phi) is 4.09. The lowest BCUT2D eigenvalue weighted by atomic mass is 10.1. The first-order valence-electron chi connectivity index (χ1n) is 6.37. The number of aromatic nitrogens is 2. The molecule has 0 aliphatic carbocycles. The summed E-state index contributed by atoms with van der Waals surface area (Å²) in [6.45, 7) is 6.03. The standard InChI is InChI=1S/C15H16N4/c1-3-19(4-2)15-10-9-14(17-18-15)13-7-5-12(11-16)6-8-13/h5-10H,3-4H2,1-2H3. The smallest absolute Gasteiger partial charge is 0.151 e. The maximum absolute atomic E-state index is 8.77. The Balaban J connectivity index is 2.24. The molecule has 0 amide bonds. The molecular formula is C15H16N4. The summed E-state index contributed by atoms with van der Waals surface area (Å²) in [5.74, 6) is 0.891. The second-order valence-corrected chi connectivity index (χ2v) is 4.14. The van der Waals surface area contributed by atoms with Crippen LogP contribution in [0.1, 0.15) is 19.4 Å². The van der Waals surface area contributed by atoms with Crippen LogP contribution in [0.25, 0.3) is 11.3 Å². The summed E-state index contributed by atoms with van der Waals surface area (Å²) in [5, 5.41) is 17.3. The van der Waals surface area contributed by atoms with Gasteiger partial charge in [-0.3, -0.25) is 0 Å². The maximum Gasteiger partial charge on any atom is 0.151 e. The van der Waals surface area contributed by atoms with Crippen molar-refractivity contribution in [2.24, 2.45) is 0 Å². The molecular weight excluding hydrogens is 236 g/mol. The van der Waals surface area contributed by atoms with Crippen LogP contribution in [0.3, 0.4) is 0 Å². The molecule has 0 fully saturated rings. The lowest BCUT2D eigenvalue weighted by molar-refractivity contribution is 0.826. The van der Waals surface area contributed by atoms with E-state index in [4.69, 9.17) is 5.26 Å². The molecule has 0 saturated heterocycles. The van der Waals surface area contributed by atoms with Gasteiger partial charge in [0.25, 0.3) is 0 Å². The zero-order valence-electron chi connectivity index (χ0n) is 11.2. The number of anilines is 1. The lowest BCUT2D eigenvalue weighted by Crippen LogP contribution is -2.23. The second kappa shape index (κ2) is 5.96. The monoisotopic (exact) mass is 252 g/mol. The predicted octanol–water partition coefficient (Wildman–Crippen LogP) is 2.86. The lowest BCUT2D eigenvalue weighted by Gasteiger charge is -2.18. The van der Waals surface area contributed by atoms with Gasteiger partial charge in [0.05, 0.1) is 17.3 Å². The first kappa shape index (κ1) is 13.0. The minimum Gasteiger partial charge on any atom is -0.356 e. The molecule has 0 aliphatic heterocycles. The number of benzene rings is 1. The number of nitrogens with zero attached hydrogens (tertiary/aromatic N) is 4. The molecule has 0 bridgehead atoms. The van der Waals surface area contributed by atoms with Crippen molar-refractivity contribution in [3.8, 4) is 17.3 Å². The number of rotatable bonds is 4. The highest BCUT2D eigenvalue weighted by Crippen LogP contribution is 2.18. The summed E-state index contributed by atoms with van der Waals surface area (Å²) in [5.41, 5.74) is 2.44. The third-order valence-corrected chi connectivity index (χ3v) is 3.05. The van der Waals surface area contributed by atoms with Gasteiger partial charge < -0.3 is 4.90 Å². The Morgan fingerprint density at radius 2 is 1.68 bits per heavy atom. The quantitative estimate of drug-likeness (QED) is 0.839. The van der Waals surface area contributed by atoms with Crippen LogP contribution in [0, 0.1) is 11.3 Å². The average molecular weight is 252 g/mol. The predicted molar refractivity (Wildman–Crippen MR) is 75.7 cm³/mol. The minimum absolute atomic E-state index is 0.650. The van der Waals surface area contributed by atoms with Crippen molar-refractivity contribution in [1.29, 1.82) is 5.26 Å². The second-order valence-electron chi connectivity index (χ2n) is 4.14. The van der Waals surface area contributed by atoms with E-state index in [-0.39, 0.29) is 0 Å². The zero-order valence-corrected chi connectivity index (χ0v) is 11.2. The van der Waals surface area contributed by atoms with Gasteiger partial charge in [0, 0.05) is 18.7 Å². The van der Waals surface area contributed by atoms with Crippen LogP contribution >= 0.6 is 0 Å². The van der Waals surface area contributed by atoms with Gasteiger partial charge in [-0.25, -0.2) is 0 Å². The van der Waals surface area contributed by atoms with E-state index in [1.807, 2.05) is 24.3 Å². The molecule has 0 unspecified atom stereocenters. The molecule has 2 aromatic rings. The summed E-state index contributed by atoms with van der Waals surface area (Å²) < 4.78 is 0. The van der Waals surface area contributed by atoms with E-state index < -0.39 is 0 Å². The Bertz CT molecular complexity index is 563. The minimum atomic E-state index is 0.650. The summed E-state index contributed by atoms with van der Waals surface area (Å²) in [6.07, 6.45) is 0. The molecule has 0 saturated carbocycles. The van der Waals surface area contributed by atoms with Crippen LogP contribution in [0.2, 0.25) is 0 Å². The van der Waals surface area contributed by atoms with Gasteiger partial charge in [-0.15, -0.1) is 10.2 Å². The van der Waals surface area contributed by atoms with E-state index in [0.29, 0.717) is 5.56 Å². The van der Waals surface area contributed by atoms with Gasteiger partial charge in [-0.1, -0.05) is 12.1 Å². The molecule has 0 spiro atoms. The summed E-state index contributed by atoms with van der Waals surface area (Å²) in [4.78, 5) is 2.15. The fraction of sp³-hybridized carbons (Fsp3) is 0.267. The third kappa shape index (κ3) is 2.89. The van der Waals surface area contributed by atoms with Crippen molar-refractivity contribution in [1.82, 2.24) is 10.2 Å². The molecule has 0 aliphatic rings. The Labute approximate surface area is 113 Å². The molecule has 0 atom stereocenters. The molecule has 4 nitrogen and oxygen atoms in total. The largest absolute Gasteiger partial charge is 0.356 e. The van der Waals surface area contributed by atoms with Crippen LogP contribution in [0.15, 0.2) is 36.4 Å². The van der Waals surface area contributed by atoms with Gasteiger partial charge in [-0.2, -0.15) is 5.26 Å². The summed E-state index contributed by atoms with van der Waals surface area (Å²) in [7, 11) is 0. The zero-order chi connectivity index (χ0) is 13.7. The van der Waals surface area contributed by atoms with Crippen LogP contribution in [0.4, 0.5) is 5.82 Å². The first-order valence-corrected chi connectivity index (χ1v) is 6.37. The molecule has 1 aromatic carbocycles. The third-order valence-electron chi connectivity index (χ3n) is 3.05. The summed E-state index contributed by atoms with van der Waals surface area (Å²) >= 11 is 0. The van der Waals surface area contributed by atoms with Crippen LogP contribution in [-0.2, 0) is 0 Å².